The van der Waals surface area contributed by atoms with Gasteiger partial charge in [0.2, 0.25) is 0 Å². The number of sulfone groups is 1. The van der Waals surface area contributed by atoms with E-state index in [1.54, 1.807) is 20.8 Å². The first kappa shape index (κ1) is 23.9. The summed E-state index contributed by atoms with van der Waals surface area (Å²) in [5.74, 6) is -0.727. The van der Waals surface area contributed by atoms with E-state index in [-0.39, 0.29) is 30.3 Å². The second-order valence-electron chi connectivity index (χ2n) is 8.29. The topological polar surface area (TPSA) is 93.1 Å². The molecule has 0 aromatic heterocycles. The lowest BCUT2D eigenvalue weighted by Crippen LogP contribution is -2.57. The van der Waals surface area contributed by atoms with Crippen molar-refractivity contribution >= 4 is 27.5 Å². The van der Waals surface area contributed by atoms with E-state index in [0.29, 0.717) is 0 Å². The Morgan fingerprint density at radius 2 is 2.07 bits per heavy atom. The molecule has 2 rings (SSSR count). The first-order valence-electron chi connectivity index (χ1n) is 9.11. The van der Waals surface area contributed by atoms with Crippen LogP contribution in [0.4, 0.5) is 9.18 Å². The Labute approximate surface area is 175 Å². The van der Waals surface area contributed by atoms with E-state index in [0.717, 1.165) is 12.3 Å². The van der Waals surface area contributed by atoms with Crippen molar-refractivity contribution in [2.75, 3.05) is 26.0 Å². The first-order chi connectivity index (χ1) is 13.1. The van der Waals surface area contributed by atoms with Crippen LogP contribution in [-0.4, -0.2) is 66.9 Å². The molecule has 1 aliphatic heterocycles. The van der Waals surface area contributed by atoms with Crippen LogP contribution in [0.25, 0.3) is 0 Å². The molecule has 0 aliphatic carbocycles. The van der Waals surface area contributed by atoms with Crippen molar-refractivity contribution in [3.8, 4) is 0 Å². The van der Waals surface area contributed by atoms with Gasteiger partial charge in [-0.15, -0.1) is 0 Å². The third-order valence-corrected chi connectivity index (χ3v) is 6.79. The number of nitrogens with zero attached hydrogens (tertiary/aromatic N) is 1. The van der Waals surface area contributed by atoms with E-state index in [9.17, 15) is 22.7 Å². The lowest BCUT2D eigenvalue weighted by molar-refractivity contribution is -0.0996. The average Bonchev–Trinajstić information content (AvgIpc) is 2.74. The van der Waals surface area contributed by atoms with Crippen LogP contribution < -0.4 is 0 Å². The van der Waals surface area contributed by atoms with Gasteiger partial charge < -0.3 is 19.5 Å². The number of benzene rings is 1. The highest BCUT2D eigenvalue weighted by Gasteiger charge is 2.51. The number of rotatable bonds is 3. The van der Waals surface area contributed by atoms with Gasteiger partial charge in [0.15, 0.2) is 9.84 Å². The maximum absolute atomic E-state index is 14.0. The van der Waals surface area contributed by atoms with Crippen molar-refractivity contribution in [2.24, 2.45) is 0 Å². The van der Waals surface area contributed by atoms with Gasteiger partial charge in [-0.05, 0) is 45.4 Å². The quantitative estimate of drug-likeness (QED) is 0.759. The van der Waals surface area contributed by atoms with E-state index in [1.165, 1.54) is 24.0 Å². The van der Waals surface area contributed by atoms with E-state index in [1.807, 2.05) is 0 Å². The molecule has 0 bridgehead atoms. The van der Waals surface area contributed by atoms with Gasteiger partial charge in [-0.1, -0.05) is 17.7 Å². The molecule has 1 aliphatic rings. The SMILES string of the molecule is CC(C1(O)CN(C(=O)OC(C)(C)C)CCOC1c1ccc(Cl)c(F)c1)S(C)(=O)=O. The summed E-state index contributed by atoms with van der Waals surface area (Å²) in [5, 5.41) is 10.1. The molecule has 0 saturated carbocycles. The molecule has 10 heteroatoms. The van der Waals surface area contributed by atoms with Crippen LogP contribution in [0.3, 0.4) is 0 Å². The van der Waals surface area contributed by atoms with Gasteiger partial charge in [0.05, 0.1) is 23.4 Å². The molecule has 1 aromatic rings. The molecular formula is C19H27ClFNO6S. The van der Waals surface area contributed by atoms with Gasteiger partial charge in [0, 0.05) is 12.8 Å². The molecule has 1 N–H and O–H groups in total. The normalized spacial score (nSPS) is 24.7. The number of β-amino-alcohol motifs (C(OH)–C–C–N with tert-alkyl or cyclic N) is 1. The summed E-state index contributed by atoms with van der Waals surface area (Å²) in [6.07, 6.45) is -0.924. The zero-order valence-corrected chi connectivity index (χ0v) is 18.7. The molecule has 164 valence electrons. The highest BCUT2D eigenvalue weighted by molar-refractivity contribution is 7.91. The Morgan fingerprint density at radius 3 is 2.59 bits per heavy atom. The lowest BCUT2D eigenvalue weighted by Gasteiger charge is -2.40. The molecular weight excluding hydrogens is 425 g/mol. The summed E-state index contributed by atoms with van der Waals surface area (Å²) in [7, 11) is -3.75. The van der Waals surface area contributed by atoms with Crippen molar-refractivity contribution in [1.82, 2.24) is 4.90 Å². The highest BCUT2D eigenvalue weighted by atomic mass is 35.5. The van der Waals surface area contributed by atoms with Gasteiger partial charge >= 0.3 is 6.09 Å². The van der Waals surface area contributed by atoms with Gasteiger partial charge in [-0.3, -0.25) is 0 Å². The second-order valence-corrected chi connectivity index (χ2v) is 11.1. The van der Waals surface area contributed by atoms with Gasteiger partial charge in [0.25, 0.3) is 0 Å². The number of carbonyl (C=O) groups is 1. The molecule has 1 saturated heterocycles. The molecule has 7 nitrogen and oxygen atoms in total. The Balaban J connectivity index is 2.50. The number of amides is 1. The van der Waals surface area contributed by atoms with Crippen molar-refractivity contribution in [2.45, 2.75) is 50.3 Å². The molecule has 0 spiro atoms. The Hall–Kier alpha value is -1.42. The fourth-order valence-corrected chi connectivity index (χ4v) is 4.20. The van der Waals surface area contributed by atoms with Gasteiger partial charge in [0.1, 0.15) is 23.1 Å². The predicted molar refractivity (Wildman–Crippen MR) is 107 cm³/mol. The molecule has 3 unspecified atom stereocenters. The number of hydrogen-bond donors (Lipinski definition) is 1. The minimum Gasteiger partial charge on any atom is -0.444 e. The largest absolute Gasteiger partial charge is 0.444 e. The summed E-state index contributed by atoms with van der Waals surface area (Å²) in [5.41, 5.74) is -2.61. The Morgan fingerprint density at radius 1 is 1.45 bits per heavy atom. The predicted octanol–water partition coefficient (Wildman–Crippen LogP) is 2.95. The summed E-state index contributed by atoms with van der Waals surface area (Å²) in [6, 6.07) is 3.85. The van der Waals surface area contributed by atoms with E-state index >= 15 is 0 Å². The number of hydrogen-bond acceptors (Lipinski definition) is 6. The first-order valence-corrected chi connectivity index (χ1v) is 11.4. The zero-order valence-electron chi connectivity index (χ0n) is 17.1. The maximum Gasteiger partial charge on any atom is 0.410 e. The van der Waals surface area contributed by atoms with Crippen LogP contribution >= 0.6 is 11.6 Å². The molecule has 1 aromatic carbocycles. The van der Waals surface area contributed by atoms with Crippen LogP contribution in [0.2, 0.25) is 5.02 Å². The summed E-state index contributed by atoms with van der Waals surface area (Å²) in [6.45, 7) is 6.12. The fraction of sp³-hybridized carbons (Fsp3) is 0.632. The molecule has 1 fully saturated rings. The van der Waals surface area contributed by atoms with Crippen LogP contribution in [0.1, 0.15) is 39.4 Å². The van der Waals surface area contributed by atoms with Gasteiger partial charge in [-0.25, -0.2) is 17.6 Å². The van der Waals surface area contributed by atoms with E-state index in [4.69, 9.17) is 21.1 Å². The molecule has 0 radical (unpaired) electrons. The molecule has 3 atom stereocenters. The van der Waals surface area contributed by atoms with Crippen LogP contribution in [0, 0.1) is 5.82 Å². The van der Waals surface area contributed by atoms with Gasteiger partial charge in [-0.2, -0.15) is 0 Å². The molecule has 1 heterocycles. The third kappa shape index (κ3) is 5.59. The number of ether oxygens (including phenoxy) is 2. The number of carbonyl (C=O) groups excluding carboxylic acids is 1. The number of halogens is 2. The lowest BCUT2D eigenvalue weighted by atomic mass is 9.87. The summed E-state index contributed by atoms with van der Waals surface area (Å²) in [4.78, 5) is 13.8. The van der Waals surface area contributed by atoms with E-state index < -0.39 is 44.3 Å². The summed E-state index contributed by atoms with van der Waals surface area (Å²) >= 11 is 5.74. The van der Waals surface area contributed by atoms with Crippen molar-refractivity contribution in [1.29, 1.82) is 0 Å². The second kappa shape index (κ2) is 8.37. The Bertz CT molecular complexity index is 872. The smallest absolute Gasteiger partial charge is 0.410 e. The van der Waals surface area contributed by atoms with Crippen LogP contribution in [0.5, 0.6) is 0 Å². The van der Waals surface area contributed by atoms with Crippen molar-refractivity contribution in [3.05, 3.63) is 34.6 Å². The maximum atomic E-state index is 14.0. The van der Waals surface area contributed by atoms with Crippen molar-refractivity contribution < 1.29 is 32.2 Å². The van der Waals surface area contributed by atoms with E-state index in [2.05, 4.69) is 0 Å². The van der Waals surface area contributed by atoms with Crippen LogP contribution in [0.15, 0.2) is 18.2 Å². The average molecular weight is 452 g/mol. The minimum absolute atomic E-state index is 0.00700. The Kier molecular flexibility index (Phi) is 6.89. The summed E-state index contributed by atoms with van der Waals surface area (Å²) < 4.78 is 49.8. The number of aliphatic hydroxyl groups is 1. The molecule has 1 amide bonds. The highest BCUT2D eigenvalue weighted by Crippen LogP contribution is 2.38. The minimum atomic E-state index is -3.75. The van der Waals surface area contributed by atoms with Crippen molar-refractivity contribution in [3.63, 3.8) is 0 Å². The zero-order chi connectivity index (χ0) is 22.2. The molecule has 29 heavy (non-hydrogen) atoms. The van der Waals surface area contributed by atoms with Crippen LogP contribution in [-0.2, 0) is 19.3 Å². The monoisotopic (exact) mass is 451 g/mol. The standard InChI is InChI=1S/C19H27ClFNO6S/c1-12(29(5,25)26)19(24)11-22(17(23)28-18(2,3)4)8-9-27-16(19)13-6-7-14(20)15(21)10-13/h6-7,10,12,16,24H,8-9,11H2,1-5H3. The third-order valence-electron chi connectivity index (χ3n) is 4.79. The fourth-order valence-electron chi connectivity index (χ4n) is 3.15.